The fourth-order valence-electron chi connectivity index (χ4n) is 3.95. The highest BCUT2D eigenvalue weighted by molar-refractivity contribution is 5.90. The third-order valence-electron chi connectivity index (χ3n) is 5.55. The van der Waals surface area contributed by atoms with Crippen LogP contribution in [0.1, 0.15) is 53.0 Å². The molecule has 7 nitrogen and oxygen atoms in total. The molecule has 7 heteroatoms. The first kappa shape index (κ1) is 18.3. The summed E-state index contributed by atoms with van der Waals surface area (Å²) in [6.45, 7) is 2.49. The number of likely N-dealkylation sites (N-methyl/N-ethyl adjacent to an activating group) is 1. The zero-order chi connectivity index (χ0) is 20.1. The Labute approximate surface area is 162 Å². The number of rotatable bonds is 2. The molecule has 1 aromatic carbocycles. The lowest BCUT2D eigenvalue weighted by molar-refractivity contribution is -0.137. The second kappa shape index (κ2) is 6.50. The molecule has 1 aromatic heterocycles. The van der Waals surface area contributed by atoms with E-state index in [0.717, 1.165) is 24.1 Å². The van der Waals surface area contributed by atoms with Crippen molar-refractivity contribution in [2.24, 2.45) is 0 Å². The molecule has 144 valence electrons. The van der Waals surface area contributed by atoms with Crippen molar-refractivity contribution in [2.45, 2.75) is 37.7 Å². The normalized spacial score (nSPS) is 23.5. The summed E-state index contributed by atoms with van der Waals surface area (Å²) in [4.78, 5) is 25.1. The minimum absolute atomic E-state index is 0.102. The van der Waals surface area contributed by atoms with Crippen LogP contribution >= 0.6 is 0 Å². The van der Waals surface area contributed by atoms with Gasteiger partial charge in [0.05, 0.1) is 5.69 Å². The van der Waals surface area contributed by atoms with Gasteiger partial charge in [-0.25, -0.2) is 9.48 Å². The quantitative estimate of drug-likeness (QED) is 0.772. The molecule has 2 aromatic rings. The summed E-state index contributed by atoms with van der Waals surface area (Å²) in [5.41, 5.74) is 1.51. The fourth-order valence-corrected chi connectivity index (χ4v) is 3.95. The van der Waals surface area contributed by atoms with Gasteiger partial charge in [0, 0.05) is 36.8 Å². The highest BCUT2D eigenvalue weighted by Gasteiger charge is 2.42. The number of amides is 1. The smallest absolute Gasteiger partial charge is 0.356 e. The summed E-state index contributed by atoms with van der Waals surface area (Å²) < 4.78 is 1.68. The Kier molecular flexibility index (Phi) is 4.24. The van der Waals surface area contributed by atoms with Crippen LogP contribution < -0.4 is 0 Å². The zero-order valence-electron chi connectivity index (χ0n) is 15.8. The van der Waals surface area contributed by atoms with Gasteiger partial charge in [0.1, 0.15) is 0 Å². The van der Waals surface area contributed by atoms with Gasteiger partial charge in [-0.05, 0) is 37.0 Å². The summed E-state index contributed by atoms with van der Waals surface area (Å²) in [5, 5.41) is 24.3. The molecule has 1 aliphatic carbocycles. The van der Waals surface area contributed by atoms with E-state index in [1.54, 1.807) is 29.9 Å². The number of aliphatic hydroxyl groups is 1. The Hall–Kier alpha value is -3.11. The van der Waals surface area contributed by atoms with Crippen LogP contribution in [-0.4, -0.2) is 56.0 Å². The number of carbonyl (C=O) groups excluding carboxylic acids is 1. The van der Waals surface area contributed by atoms with Gasteiger partial charge in [0.2, 0.25) is 5.60 Å². The second-order valence-corrected chi connectivity index (χ2v) is 7.50. The van der Waals surface area contributed by atoms with Crippen molar-refractivity contribution in [1.82, 2.24) is 14.7 Å². The Morgan fingerprint density at radius 2 is 2.18 bits per heavy atom. The third-order valence-corrected chi connectivity index (χ3v) is 5.55. The summed E-state index contributed by atoms with van der Waals surface area (Å²) in [7, 11) is 1.64. The minimum atomic E-state index is -1.65. The maximum atomic E-state index is 12.1. The molecule has 0 spiro atoms. The fraction of sp³-hybridized carbons (Fsp3) is 0.381. The Morgan fingerprint density at radius 1 is 1.39 bits per heavy atom. The molecule has 2 atom stereocenters. The molecule has 2 aliphatic rings. The average Bonchev–Trinajstić information content (AvgIpc) is 3.31. The topological polar surface area (TPSA) is 95.7 Å². The predicted molar refractivity (Wildman–Crippen MR) is 101 cm³/mol. The number of aromatic nitrogens is 2. The maximum Gasteiger partial charge on any atom is 0.356 e. The first-order valence-electron chi connectivity index (χ1n) is 9.27. The summed E-state index contributed by atoms with van der Waals surface area (Å²) in [5.74, 6) is 4.35. The number of hydrogen-bond donors (Lipinski definition) is 2. The van der Waals surface area contributed by atoms with Crippen molar-refractivity contribution in [2.75, 3.05) is 13.6 Å². The van der Waals surface area contributed by atoms with Gasteiger partial charge in [0.15, 0.2) is 5.69 Å². The van der Waals surface area contributed by atoms with Crippen molar-refractivity contribution in [3.8, 4) is 17.5 Å². The van der Waals surface area contributed by atoms with E-state index in [9.17, 15) is 19.8 Å². The van der Waals surface area contributed by atoms with Crippen LogP contribution in [0.25, 0.3) is 5.69 Å². The van der Waals surface area contributed by atoms with Gasteiger partial charge in [-0.2, -0.15) is 5.10 Å². The van der Waals surface area contributed by atoms with E-state index in [0.29, 0.717) is 17.8 Å². The first-order valence-corrected chi connectivity index (χ1v) is 9.27. The van der Waals surface area contributed by atoms with Crippen molar-refractivity contribution < 1.29 is 19.8 Å². The molecule has 1 unspecified atom stereocenters. The standard InChI is InChI=1S/C21H21N3O4/c1-13-6-7-16-17(13)18(19(25)26)22-24(16)15-5-3-4-14(12-15)8-9-21(28)10-11-23(2)20(21)27/h3-5,12-13,28H,6-7,10-11H2,1-2H3,(H,25,26)/t13?,21-/m0/s1. The molecule has 1 saturated heterocycles. The van der Waals surface area contributed by atoms with E-state index in [-0.39, 0.29) is 23.9 Å². The molecular formula is C21H21N3O4. The minimum Gasteiger partial charge on any atom is -0.476 e. The predicted octanol–water partition coefficient (Wildman–Crippen LogP) is 1.56. The van der Waals surface area contributed by atoms with E-state index < -0.39 is 11.6 Å². The molecule has 1 aliphatic heterocycles. The van der Waals surface area contributed by atoms with E-state index in [1.165, 1.54) is 4.90 Å². The second-order valence-electron chi connectivity index (χ2n) is 7.50. The van der Waals surface area contributed by atoms with Gasteiger partial charge in [-0.1, -0.05) is 24.8 Å². The van der Waals surface area contributed by atoms with Gasteiger partial charge >= 0.3 is 5.97 Å². The van der Waals surface area contributed by atoms with Crippen LogP contribution in [0.5, 0.6) is 0 Å². The van der Waals surface area contributed by atoms with Gasteiger partial charge in [-0.15, -0.1) is 0 Å². The molecule has 1 fully saturated rings. The Bertz CT molecular complexity index is 1050. The molecule has 4 rings (SSSR count). The molecule has 1 amide bonds. The number of nitrogens with zero attached hydrogens (tertiary/aromatic N) is 3. The van der Waals surface area contributed by atoms with Crippen LogP contribution in [-0.2, 0) is 11.2 Å². The van der Waals surface area contributed by atoms with Crippen molar-refractivity contribution in [3.63, 3.8) is 0 Å². The number of fused-ring (bicyclic) bond motifs is 1. The number of likely N-dealkylation sites (tertiary alicyclic amines) is 1. The van der Waals surface area contributed by atoms with Crippen LogP contribution in [0.4, 0.5) is 0 Å². The molecule has 2 N–H and O–H groups in total. The molecule has 28 heavy (non-hydrogen) atoms. The average molecular weight is 379 g/mol. The highest BCUT2D eigenvalue weighted by atomic mass is 16.4. The van der Waals surface area contributed by atoms with Crippen LogP contribution in [0.3, 0.4) is 0 Å². The van der Waals surface area contributed by atoms with E-state index in [1.807, 2.05) is 13.0 Å². The number of aromatic carboxylic acids is 1. The van der Waals surface area contributed by atoms with Gasteiger partial charge in [-0.3, -0.25) is 4.79 Å². The largest absolute Gasteiger partial charge is 0.476 e. The van der Waals surface area contributed by atoms with E-state index in [4.69, 9.17) is 0 Å². The van der Waals surface area contributed by atoms with Gasteiger partial charge in [0.25, 0.3) is 5.91 Å². The molecule has 0 radical (unpaired) electrons. The first-order chi connectivity index (χ1) is 13.3. The lowest BCUT2D eigenvalue weighted by Gasteiger charge is -2.13. The molecular weight excluding hydrogens is 358 g/mol. The van der Waals surface area contributed by atoms with Crippen LogP contribution in [0, 0.1) is 11.8 Å². The number of benzene rings is 1. The molecule has 0 bridgehead atoms. The number of carbonyl (C=O) groups is 2. The van der Waals surface area contributed by atoms with Crippen LogP contribution in [0.2, 0.25) is 0 Å². The van der Waals surface area contributed by atoms with Crippen molar-refractivity contribution in [1.29, 1.82) is 0 Å². The lowest BCUT2D eigenvalue weighted by atomic mass is 10.0. The number of carboxylic acid groups (broad SMARTS) is 1. The van der Waals surface area contributed by atoms with E-state index >= 15 is 0 Å². The van der Waals surface area contributed by atoms with E-state index in [2.05, 4.69) is 16.9 Å². The van der Waals surface area contributed by atoms with Crippen molar-refractivity contribution in [3.05, 3.63) is 46.8 Å². The Morgan fingerprint density at radius 3 is 2.86 bits per heavy atom. The SMILES string of the molecule is CC1CCc2c1c(C(=O)O)nn2-c1cccc(C#C[C@]2(O)CCN(C)C2=O)c1. The summed E-state index contributed by atoms with van der Waals surface area (Å²) in [6.07, 6.45) is 1.95. The highest BCUT2D eigenvalue weighted by Crippen LogP contribution is 2.36. The third kappa shape index (κ3) is 2.86. The molecule has 2 heterocycles. The molecule has 0 saturated carbocycles. The monoisotopic (exact) mass is 379 g/mol. The zero-order valence-corrected chi connectivity index (χ0v) is 15.8. The number of carboxylic acids is 1. The van der Waals surface area contributed by atoms with Crippen LogP contribution in [0.15, 0.2) is 24.3 Å². The Balaban J connectivity index is 1.71. The maximum absolute atomic E-state index is 12.1. The summed E-state index contributed by atoms with van der Waals surface area (Å²) >= 11 is 0. The summed E-state index contributed by atoms with van der Waals surface area (Å²) in [6, 6.07) is 7.23. The van der Waals surface area contributed by atoms with Gasteiger partial charge < -0.3 is 15.1 Å². The van der Waals surface area contributed by atoms with Crippen molar-refractivity contribution >= 4 is 11.9 Å². The number of hydrogen-bond acceptors (Lipinski definition) is 4. The lowest BCUT2D eigenvalue weighted by Crippen LogP contribution is -2.37.